The molecule has 0 saturated heterocycles. The first-order valence-electron chi connectivity index (χ1n) is 5.74. The lowest BCUT2D eigenvalue weighted by Gasteiger charge is -2.10. The van der Waals surface area contributed by atoms with E-state index in [9.17, 15) is 4.79 Å². The molecule has 17 heavy (non-hydrogen) atoms. The van der Waals surface area contributed by atoms with Crippen molar-refractivity contribution in [1.29, 1.82) is 0 Å². The highest BCUT2D eigenvalue weighted by Gasteiger charge is 2.01. The number of hydrogen-bond acceptors (Lipinski definition) is 3. The summed E-state index contributed by atoms with van der Waals surface area (Å²) in [7, 11) is 1.50. The second kappa shape index (κ2) is 6.91. The van der Waals surface area contributed by atoms with Crippen molar-refractivity contribution in [2.24, 2.45) is 5.92 Å². The van der Waals surface area contributed by atoms with Crippen LogP contribution in [0.5, 0.6) is 0 Å². The van der Waals surface area contributed by atoms with E-state index in [1.807, 2.05) is 24.3 Å². The van der Waals surface area contributed by atoms with E-state index in [-0.39, 0.29) is 12.5 Å². The number of benzene rings is 1. The summed E-state index contributed by atoms with van der Waals surface area (Å²) in [6.45, 7) is 5.33. The first-order chi connectivity index (χ1) is 8.11. The van der Waals surface area contributed by atoms with Gasteiger partial charge in [-0.05, 0) is 30.2 Å². The second-order valence-corrected chi connectivity index (χ2v) is 4.33. The van der Waals surface area contributed by atoms with E-state index in [2.05, 4.69) is 24.5 Å². The maximum atomic E-state index is 11.3. The summed E-state index contributed by atoms with van der Waals surface area (Å²) in [4.78, 5) is 11.3. The quantitative estimate of drug-likeness (QED) is 0.797. The van der Waals surface area contributed by atoms with Gasteiger partial charge in [-0.25, -0.2) is 0 Å². The van der Waals surface area contributed by atoms with Crippen molar-refractivity contribution in [3.63, 3.8) is 0 Å². The molecule has 0 aliphatic rings. The van der Waals surface area contributed by atoms with Crippen molar-refractivity contribution < 1.29 is 9.53 Å². The van der Waals surface area contributed by atoms with E-state index in [1.165, 1.54) is 7.11 Å². The molecule has 2 N–H and O–H groups in total. The van der Waals surface area contributed by atoms with Crippen LogP contribution in [-0.2, 0) is 9.53 Å². The van der Waals surface area contributed by atoms with Crippen LogP contribution in [0.1, 0.15) is 13.8 Å². The van der Waals surface area contributed by atoms with Crippen molar-refractivity contribution in [1.82, 2.24) is 0 Å². The molecule has 4 heteroatoms. The van der Waals surface area contributed by atoms with Crippen LogP contribution < -0.4 is 10.6 Å². The number of carbonyl (C=O) groups is 1. The molecule has 0 bridgehead atoms. The highest BCUT2D eigenvalue weighted by Crippen LogP contribution is 2.13. The molecule has 1 aromatic rings. The van der Waals surface area contributed by atoms with Crippen LogP contribution in [0, 0.1) is 5.92 Å². The van der Waals surface area contributed by atoms with Crippen LogP contribution >= 0.6 is 0 Å². The lowest BCUT2D eigenvalue weighted by Crippen LogP contribution is -2.17. The molecule has 0 aliphatic carbocycles. The molecule has 4 nitrogen and oxygen atoms in total. The van der Waals surface area contributed by atoms with E-state index in [0.717, 1.165) is 17.9 Å². The molecular weight excluding hydrogens is 216 g/mol. The monoisotopic (exact) mass is 236 g/mol. The van der Waals surface area contributed by atoms with Crippen molar-refractivity contribution in [3.8, 4) is 0 Å². The van der Waals surface area contributed by atoms with E-state index in [1.54, 1.807) is 0 Å². The lowest BCUT2D eigenvalue weighted by molar-refractivity contribution is -0.119. The van der Waals surface area contributed by atoms with Gasteiger partial charge in [-0.15, -0.1) is 0 Å². The van der Waals surface area contributed by atoms with E-state index in [4.69, 9.17) is 4.74 Å². The van der Waals surface area contributed by atoms with Crippen LogP contribution in [0.3, 0.4) is 0 Å². The van der Waals surface area contributed by atoms with Crippen LogP contribution in [0.4, 0.5) is 11.4 Å². The normalized spacial score (nSPS) is 10.4. The Morgan fingerprint density at radius 2 is 1.82 bits per heavy atom. The molecule has 0 aromatic heterocycles. The molecule has 0 aliphatic heterocycles. The first kappa shape index (κ1) is 13.5. The number of hydrogen-bond donors (Lipinski definition) is 2. The maximum absolute atomic E-state index is 11.3. The summed E-state index contributed by atoms with van der Waals surface area (Å²) in [5.41, 5.74) is 1.84. The number of carbonyl (C=O) groups excluding carboxylic acids is 1. The van der Waals surface area contributed by atoms with Gasteiger partial charge < -0.3 is 15.4 Å². The average molecular weight is 236 g/mol. The van der Waals surface area contributed by atoms with E-state index < -0.39 is 0 Å². The minimum atomic E-state index is -0.143. The molecule has 1 aromatic carbocycles. The molecule has 0 saturated carbocycles. The van der Waals surface area contributed by atoms with Gasteiger partial charge in [-0.1, -0.05) is 13.8 Å². The average Bonchev–Trinajstić information content (AvgIpc) is 2.28. The molecule has 0 radical (unpaired) electrons. The third-order valence-electron chi connectivity index (χ3n) is 2.16. The van der Waals surface area contributed by atoms with Gasteiger partial charge in [0.1, 0.15) is 6.61 Å². The van der Waals surface area contributed by atoms with Crippen molar-refractivity contribution >= 4 is 17.3 Å². The zero-order chi connectivity index (χ0) is 12.7. The van der Waals surface area contributed by atoms with Gasteiger partial charge in [0, 0.05) is 25.0 Å². The standard InChI is InChI=1S/C13H20N2O2/c1-10(2)8-14-11-4-6-12(7-5-11)15-13(16)9-17-3/h4-7,10,14H,8-9H2,1-3H3,(H,15,16). The Morgan fingerprint density at radius 1 is 1.24 bits per heavy atom. The van der Waals surface area contributed by atoms with Crippen LogP contribution in [0.25, 0.3) is 0 Å². The van der Waals surface area contributed by atoms with E-state index >= 15 is 0 Å². The third kappa shape index (κ3) is 5.36. The number of amides is 1. The topological polar surface area (TPSA) is 50.4 Å². The van der Waals surface area contributed by atoms with Gasteiger partial charge in [0.25, 0.3) is 0 Å². The van der Waals surface area contributed by atoms with Gasteiger partial charge in [0.2, 0.25) is 5.91 Å². The predicted octanol–water partition coefficient (Wildman–Crippen LogP) is 2.34. The Bertz CT molecular complexity index is 347. The number of methoxy groups -OCH3 is 1. The highest BCUT2D eigenvalue weighted by molar-refractivity contribution is 5.91. The lowest BCUT2D eigenvalue weighted by atomic mass is 10.2. The van der Waals surface area contributed by atoms with Crippen LogP contribution in [-0.4, -0.2) is 26.2 Å². The Hall–Kier alpha value is -1.55. The van der Waals surface area contributed by atoms with Crippen molar-refractivity contribution in [3.05, 3.63) is 24.3 Å². The third-order valence-corrected chi connectivity index (χ3v) is 2.16. The Balaban J connectivity index is 2.47. The summed E-state index contributed by atoms with van der Waals surface area (Å²) < 4.78 is 4.74. The Labute approximate surface area is 102 Å². The molecule has 0 atom stereocenters. The van der Waals surface area contributed by atoms with Gasteiger partial charge in [-0.2, -0.15) is 0 Å². The molecule has 1 rings (SSSR count). The smallest absolute Gasteiger partial charge is 0.250 e. The summed E-state index contributed by atoms with van der Waals surface area (Å²) in [5, 5.41) is 6.06. The van der Waals surface area contributed by atoms with Gasteiger partial charge in [-0.3, -0.25) is 4.79 Å². The summed E-state index contributed by atoms with van der Waals surface area (Å²) in [6.07, 6.45) is 0. The summed E-state index contributed by atoms with van der Waals surface area (Å²) >= 11 is 0. The fourth-order valence-corrected chi connectivity index (χ4v) is 1.32. The molecule has 94 valence electrons. The molecule has 1 amide bonds. The zero-order valence-corrected chi connectivity index (χ0v) is 10.6. The highest BCUT2D eigenvalue weighted by atomic mass is 16.5. The Morgan fingerprint density at radius 3 is 2.35 bits per heavy atom. The number of anilines is 2. The molecule has 0 spiro atoms. The van der Waals surface area contributed by atoms with Gasteiger partial charge >= 0.3 is 0 Å². The minimum Gasteiger partial charge on any atom is -0.385 e. The van der Waals surface area contributed by atoms with E-state index in [0.29, 0.717) is 5.92 Å². The summed E-state index contributed by atoms with van der Waals surface area (Å²) in [6, 6.07) is 7.64. The first-order valence-corrected chi connectivity index (χ1v) is 5.74. The van der Waals surface area contributed by atoms with Crippen molar-refractivity contribution in [2.45, 2.75) is 13.8 Å². The number of ether oxygens (including phenoxy) is 1. The van der Waals surface area contributed by atoms with Gasteiger partial charge in [0.05, 0.1) is 0 Å². The van der Waals surface area contributed by atoms with Gasteiger partial charge in [0.15, 0.2) is 0 Å². The zero-order valence-electron chi connectivity index (χ0n) is 10.6. The molecular formula is C13H20N2O2. The maximum Gasteiger partial charge on any atom is 0.250 e. The summed E-state index contributed by atoms with van der Waals surface area (Å²) in [5.74, 6) is 0.464. The van der Waals surface area contributed by atoms with Crippen LogP contribution in [0.2, 0.25) is 0 Å². The van der Waals surface area contributed by atoms with Crippen LogP contribution in [0.15, 0.2) is 24.3 Å². The van der Waals surface area contributed by atoms with Crippen molar-refractivity contribution in [2.75, 3.05) is 30.9 Å². The fourth-order valence-electron chi connectivity index (χ4n) is 1.32. The molecule has 0 fully saturated rings. The largest absolute Gasteiger partial charge is 0.385 e. The fraction of sp³-hybridized carbons (Fsp3) is 0.462. The second-order valence-electron chi connectivity index (χ2n) is 4.33. The predicted molar refractivity (Wildman–Crippen MR) is 70.3 cm³/mol. The Kier molecular flexibility index (Phi) is 5.49. The number of nitrogens with one attached hydrogen (secondary N) is 2. The number of rotatable bonds is 6. The molecule has 0 unspecified atom stereocenters. The SMILES string of the molecule is COCC(=O)Nc1ccc(NCC(C)C)cc1. The minimum absolute atomic E-state index is 0.0767. The molecule has 0 heterocycles.